The Balaban J connectivity index is 2.38. The average Bonchev–Trinajstić information content (AvgIpc) is 2.54. The van der Waals surface area contributed by atoms with E-state index in [-0.39, 0.29) is 12.0 Å². The summed E-state index contributed by atoms with van der Waals surface area (Å²) in [5.74, 6) is -0.374. The quantitative estimate of drug-likeness (QED) is 0.882. The number of amides is 2. The van der Waals surface area contributed by atoms with E-state index in [0.717, 1.165) is 22.4 Å². The van der Waals surface area contributed by atoms with Crippen molar-refractivity contribution in [2.45, 2.75) is 6.92 Å². The number of carbonyl (C=O) groups is 2. The molecule has 5 heteroatoms. The van der Waals surface area contributed by atoms with Crippen LogP contribution in [0.1, 0.15) is 15.9 Å². The number of carbonyl (C=O) groups excluding carboxylic acids is 2. The third kappa shape index (κ3) is 3.88. The largest absolute Gasteiger partial charge is 0.465 e. The van der Waals surface area contributed by atoms with Gasteiger partial charge >= 0.3 is 12.0 Å². The van der Waals surface area contributed by atoms with Gasteiger partial charge < -0.3 is 15.0 Å². The molecule has 120 valence electrons. The van der Waals surface area contributed by atoms with Crippen LogP contribution in [0, 0.1) is 6.92 Å². The van der Waals surface area contributed by atoms with Gasteiger partial charge in [-0.2, -0.15) is 0 Å². The fourth-order valence-electron chi connectivity index (χ4n) is 2.14. The fraction of sp³-hybridized carbons (Fsp3) is 0.222. The topological polar surface area (TPSA) is 58.6 Å². The number of anilines is 1. The van der Waals surface area contributed by atoms with Crippen LogP contribution in [-0.2, 0) is 4.74 Å². The van der Waals surface area contributed by atoms with E-state index in [4.69, 9.17) is 4.74 Å². The second-order valence-corrected chi connectivity index (χ2v) is 5.44. The summed E-state index contributed by atoms with van der Waals surface area (Å²) in [5.41, 5.74) is 4.07. The second-order valence-electron chi connectivity index (χ2n) is 5.44. The highest BCUT2D eigenvalue weighted by atomic mass is 16.5. The van der Waals surface area contributed by atoms with E-state index in [1.165, 1.54) is 12.0 Å². The van der Waals surface area contributed by atoms with Gasteiger partial charge in [-0.1, -0.05) is 24.3 Å². The van der Waals surface area contributed by atoms with Crippen LogP contribution in [-0.4, -0.2) is 38.1 Å². The van der Waals surface area contributed by atoms with Crippen LogP contribution in [0.4, 0.5) is 10.5 Å². The van der Waals surface area contributed by atoms with Gasteiger partial charge in [0.05, 0.1) is 18.4 Å². The van der Waals surface area contributed by atoms with E-state index in [2.05, 4.69) is 5.32 Å². The summed E-state index contributed by atoms with van der Waals surface area (Å²) >= 11 is 0. The number of ether oxygens (including phenoxy) is 1. The Morgan fingerprint density at radius 3 is 2.26 bits per heavy atom. The molecule has 0 saturated carbocycles. The van der Waals surface area contributed by atoms with Crippen molar-refractivity contribution in [2.75, 3.05) is 26.5 Å². The van der Waals surface area contributed by atoms with Crippen molar-refractivity contribution in [3.05, 3.63) is 53.6 Å². The molecule has 0 fully saturated rings. The first kappa shape index (κ1) is 16.5. The molecule has 0 heterocycles. The summed E-state index contributed by atoms with van der Waals surface area (Å²) in [6.45, 7) is 1.97. The SMILES string of the molecule is COC(=O)c1ccc(-c2ccc(C)cc2NC(=O)N(C)C)cc1. The van der Waals surface area contributed by atoms with Crippen molar-refractivity contribution < 1.29 is 14.3 Å². The monoisotopic (exact) mass is 312 g/mol. The molecule has 0 radical (unpaired) electrons. The Labute approximate surface area is 135 Å². The molecule has 1 N–H and O–H groups in total. The number of benzene rings is 2. The maximum Gasteiger partial charge on any atom is 0.337 e. The van der Waals surface area contributed by atoms with Gasteiger partial charge in [-0.05, 0) is 36.2 Å². The van der Waals surface area contributed by atoms with E-state index >= 15 is 0 Å². The predicted molar refractivity (Wildman–Crippen MR) is 90.7 cm³/mol. The summed E-state index contributed by atoms with van der Waals surface area (Å²) in [5, 5.41) is 2.89. The lowest BCUT2D eigenvalue weighted by molar-refractivity contribution is 0.0600. The summed E-state index contributed by atoms with van der Waals surface area (Å²) in [7, 11) is 4.73. The maximum absolute atomic E-state index is 11.9. The Morgan fingerprint density at radius 1 is 1.04 bits per heavy atom. The van der Waals surface area contributed by atoms with Crippen molar-refractivity contribution in [3.63, 3.8) is 0 Å². The minimum atomic E-state index is -0.374. The highest BCUT2D eigenvalue weighted by Crippen LogP contribution is 2.29. The molecule has 0 aliphatic heterocycles. The van der Waals surface area contributed by atoms with Crippen LogP contribution in [0.15, 0.2) is 42.5 Å². The number of aryl methyl sites for hydroxylation is 1. The molecule has 2 aromatic carbocycles. The van der Waals surface area contributed by atoms with E-state index in [0.29, 0.717) is 5.56 Å². The van der Waals surface area contributed by atoms with Crippen molar-refractivity contribution in [2.24, 2.45) is 0 Å². The van der Waals surface area contributed by atoms with Crippen LogP contribution in [0.5, 0.6) is 0 Å². The van der Waals surface area contributed by atoms with Crippen molar-refractivity contribution in [3.8, 4) is 11.1 Å². The molecule has 2 rings (SSSR count). The molecule has 2 aromatic rings. The summed E-state index contributed by atoms with van der Waals surface area (Å²) < 4.78 is 4.70. The first-order valence-electron chi connectivity index (χ1n) is 7.20. The highest BCUT2D eigenvalue weighted by Gasteiger charge is 2.11. The number of hydrogen-bond donors (Lipinski definition) is 1. The zero-order valence-electron chi connectivity index (χ0n) is 13.7. The third-order valence-corrected chi connectivity index (χ3v) is 3.44. The fourth-order valence-corrected chi connectivity index (χ4v) is 2.14. The van der Waals surface area contributed by atoms with E-state index in [9.17, 15) is 9.59 Å². The molecule has 23 heavy (non-hydrogen) atoms. The average molecular weight is 312 g/mol. The van der Waals surface area contributed by atoms with Crippen LogP contribution >= 0.6 is 0 Å². The van der Waals surface area contributed by atoms with Crippen molar-refractivity contribution in [1.29, 1.82) is 0 Å². The molecule has 0 unspecified atom stereocenters. The van der Waals surface area contributed by atoms with Gasteiger partial charge in [0.25, 0.3) is 0 Å². The minimum Gasteiger partial charge on any atom is -0.465 e. The van der Waals surface area contributed by atoms with E-state index < -0.39 is 0 Å². The van der Waals surface area contributed by atoms with Crippen LogP contribution in [0.25, 0.3) is 11.1 Å². The number of nitrogens with zero attached hydrogens (tertiary/aromatic N) is 1. The van der Waals surface area contributed by atoms with Gasteiger partial charge in [-0.15, -0.1) is 0 Å². The van der Waals surface area contributed by atoms with Gasteiger partial charge in [-0.25, -0.2) is 9.59 Å². The molecular weight excluding hydrogens is 292 g/mol. The normalized spacial score (nSPS) is 10.1. The first-order chi connectivity index (χ1) is 10.9. The zero-order chi connectivity index (χ0) is 17.0. The molecular formula is C18H20N2O3. The smallest absolute Gasteiger partial charge is 0.337 e. The van der Waals surface area contributed by atoms with Crippen molar-refractivity contribution >= 4 is 17.7 Å². The molecule has 5 nitrogen and oxygen atoms in total. The number of nitrogens with one attached hydrogen (secondary N) is 1. The number of hydrogen-bond acceptors (Lipinski definition) is 3. The van der Waals surface area contributed by atoms with E-state index in [1.54, 1.807) is 26.2 Å². The van der Waals surface area contributed by atoms with Crippen molar-refractivity contribution in [1.82, 2.24) is 4.90 Å². The molecule has 0 aliphatic carbocycles. The summed E-state index contributed by atoms with van der Waals surface area (Å²) in [4.78, 5) is 24.9. The second kappa shape index (κ2) is 6.96. The standard InChI is InChI=1S/C18H20N2O3/c1-12-5-10-15(16(11-12)19-18(22)20(2)3)13-6-8-14(9-7-13)17(21)23-4/h5-11H,1-4H3,(H,19,22). The van der Waals surface area contributed by atoms with Gasteiger partial charge in [0.1, 0.15) is 0 Å². The number of methoxy groups -OCH3 is 1. The van der Waals surface area contributed by atoms with Crippen LogP contribution in [0.2, 0.25) is 0 Å². The lowest BCUT2D eigenvalue weighted by Crippen LogP contribution is -2.27. The Morgan fingerprint density at radius 2 is 1.70 bits per heavy atom. The minimum absolute atomic E-state index is 0.192. The predicted octanol–water partition coefficient (Wildman–Crippen LogP) is 3.54. The highest BCUT2D eigenvalue weighted by molar-refractivity contribution is 5.95. The van der Waals surface area contributed by atoms with Gasteiger partial charge in [0.15, 0.2) is 0 Å². The van der Waals surface area contributed by atoms with Gasteiger partial charge in [0, 0.05) is 19.7 Å². The third-order valence-electron chi connectivity index (χ3n) is 3.44. The Kier molecular flexibility index (Phi) is 5.01. The summed E-state index contributed by atoms with van der Waals surface area (Å²) in [6, 6.07) is 12.7. The number of esters is 1. The maximum atomic E-state index is 11.9. The van der Waals surface area contributed by atoms with Gasteiger partial charge in [0.2, 0.25) is 0 Å². The van der Waals surface area contributed by atoms with E-state index in [1.807, 2.05) is 37.3 Å². The molecule has 0 aromatic heterocycles. The molecule has 0 bridgehead atoms. The molecule has 0 spiro atoms. The summed E-state index contributed by atoms with van der Waals surface area (Å²) in [6.07, 6.45) is 0. The number of urea groups is 1. The Bertz CT molecular complexity index is 722. The van der Waals surface area contributed by atoms with Crippen LogP contribution in [0.3, 0.4) is 0 Å². The zero-order valence-corrected chi connectivity index (χ0v) is 13.7. The molecule has 0 atom stereocenters. The first-order valence-corrected chi connectivity index (χ1v) is 7.20. The van der Waals surface area contributed by atoms with Crippen LogP contribution < -0.4 is 5.32 Å². The molecule has 0 aliphatic rings. The Hall–Kier alpha value is -2.82. The molecule has 2 amide bonds. The number of rotatable bonds is 3. The lowest BCUT2D eigenvalue weighted by atomic mass is 10.0. The van der Waals surface area contributed by atoms with Gasteiger partial charge in [-0.3, -0.25) is 0 Å². The lowest BCUT2D eigenvalue weighted by Gasteiger charge is -2.16. The molecule has 0 saturated heterocycles.